The maximum Gasteiger partial charge on any atom is 0.260 e. The third kappa shape index (κ3) is 7.84. The lowest BCUT2D eigenvalue weighted by Gasteiger charge is -2.11. The van der Waals surface area contributed by atoms with E-state index in [0.717, 1.165) is 25.7 Å². The largest absolute Gasteiger partial charge is 0.506 e. The maximum atomic E-state index is 12.9. The van der Waals surface area contributed by atoms with Gasteiger partial charge in [-0.3, -0.25) is 9.59 Å². The number of aromatic nitrogens is 2. The SMILES string of the molecule is O=c1[nH]c2cc(Cl)ccc2c(O)c1-c1cccc(Oc2ccc(CCCCc3ccc(Oc4cccc(-c5c(O)c6ccc(Cl)cc6[nH]c5=O)c4)cc3)cc2)c1. The van der Waals surface area contributed by atoms with Gasteiger partial charge < -0.3 is 29.7 Å². The van der Waals surface area contributed by atoms with E-state index in [-0.39, 0.29) is 22.6 Å². The number of halogens is 2. The average Bonchev–Trinajstić information content (AvgIpc) is 3.18. The van der Waals surface area contributed by atoms with E-state index in [2.05, 4.69) is 34.2 Å². The molecule has 0 radical (unpaired) electrons. The number of fused-ring (bicyclic) bond motifs is 2. The van der Waals surface area contributed by atoms with Gasteiger partial charge in [0, 0.05) is 20.8 Å². The maximum absolute atomic E-state index is 12.9. The monoisotopic (exact) mass is 780 g/mol. The van der Waals surface area contributed by atoms with Crippen LogP contribution in [0.1, 0.15) is 24.0 Å². The second-order valence-electron chi connectivity index (χ2n) is 13.5. The molecule has 0 fully saturated rings. The molecule has 0 aliphatic rings. The summed E-state index contributed by atoms with van der Waals surface area (Å²) in [6.45, 7) is 0. The Kier molecular flexibility index (Phi) is 10.2. The average molecular weight is 782 g/mol. The molecule has 0 saturated heterocycles. The molecule has 8 rings (SSSR count). The molecule has 4 N–H and O–H groups in total. The van der Waals surface area contributed by atoms with Gasteiger partial charge in [-0.25, -0.2) is 0 Å². The van der Waals surface area contributed by atoms with Crippen molar-refractivity contribution in [3.05, 3.63) is 175 Å². The van der Waals surface area contributed by atoms with Crippen molar-refractivity contribution in [2.24, 2.45) is 0 Å². The van der Waals surface area contributed by atoms with Gasteiger partial charge in [-0.15, -0.1) is 0 Å². The van der Waals surface area contributed by atoms with Crippen molar-refractivity contribution < 1.29 is 19.7 Å². The van der Waals surface area contributed by atoms with Crippen LogP contribution in [0.5, 0.6) is 34.5 Å². The lowest BCUT2D eigenvalue weighted by Crippen LogP contribution is -2.09. The fourth-order valence-corrected chi connectivity index (χ4v) is 7.20. The number of rotatable bonds is 11. The highest BCUT2D eigenvalue weighted by atomic mass is 35.5. The first-order valence-electron chi connectivity index (χ1n) is 18.0. The minimum Gasteiger partial charge on any atom is -0.506 e. The van der Waals surface area contributed by atoms with E-state index in [4.69, 9.17) is 32.7 Å². The quantitative estimate of drug-likeness (QED) is 0.0969. The number of hydrogen-bond donors (Lipinski definition) is 4. The number of hydrogen-bond acceptors (Lipinski definition) is 6. The van der Waals surface area contributed by atoms with E-state index in [1.165, 1.54) is 11.1 Å². The zero-order valence-electron chi connectivity index (χ0n) is 29.8. The Morgan fingerprint density at radius 3 is 1.30 bits per heavy atom. The van der Waals surface area contributed by atoms with Gasteiger partial charge in [-0.2, -0.15) is 0 Å². The molecule has 0 spiro atoms. The summed E-state index contributed by atoms with van der Waals surface area (Å²) in [5, 5.41) is 23.8. The van der Waals surface area contributed by atoms with Crippen LogP contribution in [-0.4, -0.2) is 20.2 Å². The lowest BCUT2D eigenvalue weighted by atomic mass is 10.0. The zero-order valence-corrected chi connectivity index (χ0v) is 31.3. The van der Waals surface area contributed by atoms with Crippen LogP contribution in [0.2, 0.25) is 10.0 Å². The molecule has 8 nitrogen and oxygen atoms in total. The molecule has 0 bridgehead atoms. The van der Waals surface area contributed by atoms with Crippen molar-refractivity contribution in [3.63, 3.8) is 0 Å². The molecule has 56 heavy (non-hydrogen) atoms. The molecule has 0 unspecified atom stereocenters. The zero-order chi connectivity index (χ0) is 38.8. The number of pyridine rings is 2. The molecule has 6 aromatic carbocycles. The van der Waals surface area contributed by atoms with Crippen LogP contribution in [0.25, 0.3) is 44.1 Å². The molecule has 10 heteroatoms. The van der Waals surface area contributed by atoms with E-state index < -0.39 is 11.1 Å². The summed E-state index contributed by atoms with van der Waals surface area (Å²) in [6, 6.07) is 40.0. The molecule has 8 aromatic rings. The summed E-state index contributed by atoms with van der Waals surface area (Å²) < 4.78 is 12.2. The van der Waals surface area contributed by atoms with Crippen molar-refractivity contribution in [3.8, 4) is 56.8 Å². The highest BCUT2D eigenvalue weighted by Gasteiger charge is 2.17. The predicted molar refractivity (Wildman–Crippen MR) is 223 cm³/mol. The van der Waals surface area contributed by atoms with Crippen molar-refractivity contribution in [2.75, 3.05) is 0 Å². The second-order valence-corrected chi connectivity index (χ2v) is 14.4. The number of aryl methyl sites for hydroxylation is 2. The van der Waals surface area contributed by atoms with Gasteiger partial charge in [0.15, 0.2) is 0 Å². The summed E-state index contributed by atoms with van der Waals surface area (Å²) in [7, 11) is 0. The molecule has 2 aromatic heterocycles. The van der Waals surface area contributed by atoms with E-state index in [1.807, 2.05) is 24.3 Å². The molecule has 0 saturated carbocycles. The number of unbranched alkanes of at least 4 members (excludes halogenated alkanes) is 1. The Hall–Kier alpha value is -6.48. The Labute approximate surface area is 331 Å². The fourth-order valence-electron chi connectivity index (χ4n) is 6.85. The lowest BCUT2D eigenvalue weighted by molar-refractivity contribution is 0.479. The number of H-pyrrole nitrogens is 2. The second kappa shape index (κ2) is 15.7. The number of aromatic amines is 2. The van der Waals surface area contributed by atoms with E-state index in [9.17, 15) is 19.8 Å². The first kappa shape index (κ1) is 36.5. The third-order valence-corrected chi connectivity index (χ3v) is 10.1. The van der Waals surface area contributed by atoms with E-state index >= 15 is 0 Å². The van der Waals surface area contributed by atoms with Crippen LogP contribution < -0.4 is 20.6 Å². The van der Waals surface area contributed by atoms with Gasteiger partial charge in [-0.1, -0.05) is 71.7 Å². The van der Waals surface area contributed by atoms with E-state index in [1.54, 1.807) is 84.9 Å². The highest BCUT2D eigenvalue weighted by Crippen LogP contribution is 2.37. The Balaban J connectivity index is 0.840. The third-order valence-electron chi connectivity index (χ3n) is 9.64. The van der Waals surface area contributed by atoms with Crippen LogP contribution in [0.4, 0.5) is 0 Å². The van der Waals surface area contributed by atoms with Crippen LogP contribution >= 0.6 is 23.2 Å². The van der Waals surface area contributed by atoms with Gasteiger partial charge in [-0.05, 0) is 133 Å². The smallest absolute Gasteiger partial charge is 0.260 e. The topological polar surface area (TPSA) is 125 Å². The Bertz CT molecular complexity index is 2650. The molecule has 0 aliphatic carbocycles. The molecular formula is C46H34Cl2N2O6. The summed E-state index contributed by atoms with van der Waals surface area (Å²) in [5.74, 6) is 2.19. The van der Waals surface area contributed by atoms with Crippen LogP contribution in [-0.2, 0) is 12.8 Å². The number of ether oxygens (including phenoxy) is 2. The Morgan fingerprint density at radius 1 is 0.482 bits per heavy atom. The van der Waals surface area contributed by atoms with Gasteiger partial charge in [0.05, 0.1) is 22.2 Å². The first-order chi connectivity index (χ1) is 27.2. The van der Waals surface area contributed by atoms with Crippen LogP contribution in [0.15, 0.2) is 143 Å². The molecule has 278 valence electrons. The summed E-state index contributed by atoms with van der Waals surface area (Å²) in [4.78, 5) is 31.4. The van der Waals surface area contributed by atoms with Crippen LogP contribution in [0.3, 0.4) is 0 Å². The standard InChI is InChI=1S/C46H34Cl2N2O6/c47-31-15-21-37-39(25-31)49-45(53)41(43(37)51)29-7-3-9-35(23-29)55-33-17-11-27(12-18-33)5-1-2-6-28-13-19-34(20-14-28)56-36-10-4-8-30(24-36)42-44(52)38-22-16-32(48)26-40(38)50-46(42)54/h3-4,7-26H,1-2,5-6H2,(H2,49,51,53)(H2,50,52,54). The predicted octanol–water partition coefficient (Wildman–Crippen LogP) is 11.6. The van der Waals surface area contributed by atoms with Crippen LogP contribution in [0, 0.1) is 0 Å². The van der Waals surface area contributed by atoms with Crippen molar-refractivity contribution in [1.82, 2.24) is 9.97 Å². The molecule has 0 aliphatic heterocycles. The summed E-state index contributed by atoms with van der Waals surface area (Å²) >= 11 is 12.1. The number of benzene rings is 6. The first-order valence-corrected chi connectivity index (χ1v) is 18.8. The summed E-state index contributed by atoms with van der Waals surface area (Å²) in [6.07, 6.45) is 3.87. The summed E-state index contributed by atoms with van der Waals surface area (Å²) in [5.41, 5.74) is 3.89. The molecular weight excluding hydrogens is 747 g/mol. The molecule has 2 heterocycles. The Morgan fingerprint density at radius 2 is 0.893 bits per heavy atom. The van der Waals surface area contributed by atoms with Crippen molar-refractivity contribution in [2.45, 2.75) is 25.7 Å². The van der Waals surface area contributed by atoms with E-state index in [0.29, 0.717) is 66.0 Å². The van der Waals surface area contributed by atoms with Crippen molar-refractivity contribution in [1.29, 1.82) is 0 Å². The van der Waals surface area contributed by atoms with Gasteiger partial charge in [0.25, 0.3) is 11.1 Å². The van der Waals surface area contributed by atoms with Gasteiger partial charge in [0.1, 0.15) is 34.5 Å². The minimum absolute atomic E-state index is 0.112. The van der Waals surface area contributed by atoms with Gasteiger partial charge >= 0.3 is 0 Å². The number of nitrogens with one attached hydrogen (secondary N) is 2. The molecule has 0 atom stereocenters. The normalized spacial score (nSPS) is 11.2. The fraction of sp³-hybridized carbons (Fsp3) is 0.0870. The highest BCUT2D eigenvalue weighted by molar-refractivity contribution is 6.31. The van der Waals surface area contributed by atoms with Crippen molar-refractivity contribution >= 4 is 45.0 Å². The van der Waals surface area contributed by atoms with Gasteiger partial charge in [0.2, 0.25) is 0 Å². The molecule has 0 amide bonds. The number of aromatic hydroxyl groups is 2. The minimum atomic E-state index is -0.421.